The topological polar surface area (TPSA) is 53.4 Å². The number of nitrogens with one attached hydrogen (secondary N) is 1. The van der Waals surface area contributed by atoms with Gasteiger partial charge < -0.3 is 10.2 Å². The number of carbonyl (C=O) groups excluding carboxylic acids is 1. The lowest BCUT2D eigenvalue weighted by molar-refractivity contribution is 0.0667. The fourth-order valence-corrected chi connectivity index (χ4v) is 6.59. The number of hydrogen-bond donors (Lipinski definition) is 1. The van der Waals surface area contributed by atoms with Crippen LogP contribution in [0.15, 0.2) is 30.3 Å². The van der Waals surface area contributed by atoms with Gasteiger partial charge in [-0.2, -0.15) is 5.10 Å². The quantitative estimate of drug-likeness (QED) is 0.676. The van der Waals surface area contributed by atoms with Crippen molar-refractivity contribution in [3.63, 3.8) is 0 Å². The number of benzene rings is 1. The van der Waals surface area contributed by atoms with E-state index >= 15 is 0 Å². The molecule has 0 bridgehead atoms. The Morgan fingerprint density at radius 3 is 2.59 bits per heavy atom. The first kappa shape index (κ1) is 23.6. The zero-order valence-corrected chi connectivity index (χ0v) is 21.1. The average molecular weight is 464 g/mol. The molecule has 1 amide bonds. The Hall–Kier alpha value is -2.18. The maximum atomic E-state index is 13.4. The number of aryl methyl sites for hydroxylation is 1. The number of carbonyl (C=O) groups is 1. The minimum absolute atomic E-state index is 0.0296. The van der Waals surface area contributed by atoms with Gasteiger partial charge in [0.2, 0.25) is 0 Å². The normalized spacial score (nSPS) is 22.5. The van der Waals surface area contributed by atoms with Crippen LogP contribution in [0, 0.1) is 0 Å². The van der Waals surface area contributed by atoms with Gasteiger partial charge in [-0.05, 0) is 63.6 Å². The number of piperidine rings is 1. The molecule has 184 valence electrons. The molecule has 0 radical (unpaired) electrons. The highest BCUT2D eigenvalue weighted by Crippen LogP contribution is 2.37. The highest BCUT2D eigenvalue weighted by molar-refractivity contribution is 5.94. The molecule has 5 rings (SSSR count). The molecule has 1 saturated heterocycles. The first-order valence-corrected chi connectivity index (χ1v) is 13.4. The molecule has 0 spiro atoms. The number of nitrogens with zero attached hydrogens (tertiary/aromatic N) is 4. The molecule has 2 aromatic rings. The van der Waals surface area contributed by atoms with Gasteiger partial charge in [-0.3, -0.25) is 14.4 Å². The van der Waals surface area contributed by atoms with Crippen molar-refractivity contribution in [2.24, 2.45) is 7.05 Å². The molecular formula is C28H41N5O. The zero-order chi connectivity index (χ0) is 23.5. The van der Waals surface area contributed by atoms with Gasteiger partial charge in [0.15, 0.2) is 5.69 Å². The summed E-state index contributed by atoms with van der Waals surface area (Å²) < 4.78 is 1.95. The van der Waals surface area contributed by atoms with Crippen LogP contribution in [0.2, 0.25) is 0 Å². The molecule has 1 aromatic heterocycles. The van der Waals surface area contributed by atoms with Gasteiger partial charge in [-0.25, -0.2) is 0 Å². The van der Waals surface area contributed by atoms with Crippen LogP contribution in [-0.4, -0.2) is 63.8 Å². The summed E-state index contributed by atoms with van der Waals surface area (Å²) in [6.07, 6.45) is 12.5. The predicted octanol–water partition coefficient (Wildman–Crippen LogP) is 3.94. The third kappa shape index (κ3) is 4.80. The van der Waals surface area contributed by atoms with E-state index in [-0.39, 0.29) is 5.91 Å². The molecule has 3 aliphatic rings. The number of rotatable bonds is 7. The summed E-state index contributed by atoms with van der Waals surface area (Å²) in [5, 5.41) is 8.69. The van der Waals surface area contributed by atoms with E-state index in [4.69, 9.17) is 5.10 Å². The van der Waals surface area contributed by atoms with Crippen molar-refractivity contribution in [3.05, 3.63) is 52.8 Å². The molecule has 34 heavy (non-hydrogen) atoms. The van der Waals surface area contributed by atoms with E-state index in [1.807, 2.05) is 37.0 Å². The number of hydrogen-bond acceptors (Lipinski definition) is 4. The predicted molar refractivity (Wildman–Crippen MR) is 136 cm³/mol. The van der Waals surface area contributed by atoms with E-state index in [2.05, 4.69) is 22.3 Å². The van der Waals surface area contributed by atoms with Gasteiger partial charge in [-0.1, -0.05) is 49.6 Å². The molecule has 6 heteroatoms. The Labute approximate surface area is 204 Å². The molecule has 2 fully saturated rings. The SMILES string of the molecule is CN(Cc1ccccc1)C(=O)c1nn(C)c2c1C[C@@H](NCC1(N3CCCCC3)CCCC1)CC2. The van der Waals surface area contributed by atoms with Crippen LogP contribution in [0.1, 0.15) is 78.7 Å². The van der Waals surface area contributed by atoms with E-state index in [0.29, 0.717) is 23.8 Å². The van der Waals surface area contributed by atoms with Crippen molar-refractivity contribution in [1.29, 1.82) is 0 Å². The molecule has 6 nitrogen and oxygen atoms in total. The summed E-state index contributed by atoms with van der Waals surface area (Å²) in [6, 6.07) is 10.6. The Balaban J connectivity index is 1.26. The van der Waals surface area contributed by atoms with E-state index in [1.165, 1.54) is 63.7 Å². The van der Waals surface area contributed by atoms with Gasteiger partial charge in [-0.15, -0.1) is 0 Å². The molecule has 2 aliphatic carbocycles. The summed E-state index contributed by atoms with van der Waals surface area (Å²) in [4.78, 5) is 18.0. The maximum absolute atomic E-state index is 13.4. The van der Waals surface area contributed by atoms with Crippen molar-refractivity contribution in [1.82, 2.24) is 24.9 Å². The zero-order valence-electron chi connectivity index (χ0n) is 21.1. The van der Waals surface area contributed by atoms with Crippen LogP contribution >= 0.6 is 0 Å². The van der Waals surface area contributed by atoms with Gasteiger partial charge in [0.25, 0.3) is 5.91 Å². The van der Waals surface area contributed by atoms with Gasteiger partial charge in [0.1, 0.15) is 0 Å². The fraction of sp³-hybridized carbons (Fsp3) is 0.643. The summed E-state index contributed by atoms with van der Waals surface area (Å²) in [6.45, 7) is 4.23. The van der Waals surface area contributed by atoms with Crippen molar-refractivity contribution in [2.45, 2.75) is 82.3 Å². The summed E-state index contributed by atoms with van der Waals surface area (Å²) in [7, 11) is 3.88. The largest absolute Gasteiger partial charge is 0.336 e. The fourth-order valence-electron chi connectivity index (χ4n) is 6.59. The van der Waals surface area contributed by atoms with Crippen molar-refractivity contribution in [3.8, 4) is 0 Å². The number of amides is 1. The lowest BCUT2D eigenvalue weighted by Gasteiger charge is -2.44. The third-order valence-corrected chi connectivity index (χ3v) is 8.55. The van der Waals surface area contributed by atoms with Crippen molar-refractivity contribution < 1.29 is 4.79 Å². The lowest BCUT2D eigenvalue weighted by atomic mass is 9.88. The lowest BCUT2D eigenvalue weighted by Crippen LogP contribution is -2.56. The first-order chi connectivity index (χ1) is 16.6. The molecule has 1 aliphatic heterocycles. The van der Waals surface area contributed by atoms with Crippen LogP contribution in [0.3, 0.4) is 0 Å². The van der Waals surface area contributed by atoms with E-state index in [1.54, 1.807) is 4.90 Å². The van der Waals surface area contributed by atoms with Crippen LogP contribution < -0.4 is 5.32 Å². The van der Waals surface area contributed by atoms with Crippen LogP contribution in [0.5, 0.6) is 0 Å². The molecule has 1 N–H and O–H groups in total. The molecule has 1 aromatic carbocycles. The van der Waals surface area contributed by atoms with Gasteiger partial charge in [0.05, 0.1) is 0 Å². The minimum Gasteiger partial charge on any atom is -0.336 e. The highest BCUT2D eigenvalue weighted by Gasteiger charge is 2.40. The highest BCUT2D eigenvalue weighted by atomic mass is 16.2. The Morgan fingerprint density at radius 2 is 1.85 bits per heavy atom. The molecule has 2 heterocycles. The molecule has 1 saturated carbocycles. The second-order valence-corrected chi connectivity index (χ2v) is 10.8. The second kappa shape index (κ2) is 10.2. The number of likely N-dealkylation sites (tertiary alicyclic amines) is 1. The standard InChI is InChI=1S/C28H41N5O/c1-31(20-22-11-5-3-6-12-22)27(34)26-24-19-23(13-14-25(24)32(2)30-26)29-21-28(15-7-8-16-28)33-17-9-4-10-18-33/h3,5-6,11-12,23,29H,4,7-10,13-21H2,1-2H3/t23-/m0/s1. The van der Waals surface area contributed by atoms with E-state index < -0.39 is 0 Å². The van der Waals surface area contributed by atoms with Gasteiger partial charge in [0, 0.05) is 50.0 Å². The van der Waals surface area contributed by atoms with Crippen LogP contribution in [-0.2, 0) is 26.4 Å². The number of fused-ring (bicyclic) bond motifs is 1. The second-order valence-electron chi connectivity index (χ2n) is 10.8. The van der Waals surface area contributed by atoms with Crippen LogP contribution in [0.25, 0.3) is 0 Å². The summed E-state index contributed by atoms with van der Waals surface area (Å²) in [5.41, 5.74) is 4.54. The maximum Gasteiger partial charge on any atom is 0.274 e. The third-order valence-electron chi connectivity index (χ3n) is 8.55. The molecule has 0 unspecified atom stereocenters. The van der Waals surface area contributed by atoms with E-state index in [9.17, 15) is 4.79 Å². The summed E-state index contributed by atoms with van der Waals surface area (Å²) >= 11 is 0. The number of aromatic nitrogens is 2. The first-order valence-electron chi connectivity index (χ1n) is 13.4. The smallest absolute Gasteiger partial charge is 0.274 e. The Morgan fingerprint density at radius 1 is 1.12 bits per heavy atom. The minimum atomic E-state index is 0.0296. The van der Waals surface area contributed by atoms with Gasteiger partial charge >= 0.3 is 0 Å². The Kier molecular flexibility index (Phi) is 7.07. The molecular weight excluding hydrogens is 422 g/mol. The van der Waals surface area contributed by atoms with Crippen molar-refractivity contribution in [2.75, 3.05) is 26.7 Å². The Bertz CT molecular complexity index is 972. The molecule has 1 atom stereocenters. The average Bonchev–Trinajstić information content (AvgIpc) is 3.49. The summed E-state index contributed by atoms with van der Waals surface area (Å²) in [5.74, 6) is 0.0296. The van der Waals surface area contributed by atoms with E-state index in [0.717, 1.165) is 36.9 Å². The van der Waals surface area contributed by atoms with Crippen molar-refractivity contribution >= 4 is 5.91 Å². The van der Waals surface area contributed by atoms with Crippen LogP contribution in [0.4, 0.5) is 0 Å². The monoisotopic (exact) mass is 463 g/mol.